The molecule has 0 atom stereocenters. The molecule has 1 aromatic heterocycles. The zero-order chi connectivity index (χ0) is 14.7. The minimum absolute atomic E-state index is 0.0555. The summed E-state index contributed by atoms with van der Waals surface area (Å²) in [7, 11) is 1.83. The van der Waals surface area contributed by atoms with Gasteiger partial charge in [-0.25, -0.2) is 0 Å². The maximum absolute atomic E-state index is 12.3. The van der Waals surface area contributed by atoms with E-state index < -0.39 is 0 Å². The van der Waals surface area contributed by atoms with Gasteiger partial charge in [0.15, 0.2) is 0 Å². The molecule has 1 heterocycles. The Balaban J connectivity index is 1.90. The minimum Gasteiger partial charge on any atom is -0.311 e. The summed E-state index contributed by atoms with van der Waals surface area (Å²) in [6.45, 7) is 5.80. The van der Waals surface area contributed by atoms with Crippen LogP contribution in [0.4, 0.5) is 5.82 Å². The number of nitrogens with zero attached hydrogens (tertiary/aromatic N) is 2. The average Bonchev–Trinajstić information content (AvgIpc) is 2.76. The third-order valence-corrected chi connectivity index (χ3v) is 4.06. The van der Waals surface area contributed by atoms with E-state index in [9.17, 15) is 4.79 Å². The Bertz CT molecular complexity index is 524. The second-order valence-corrected chi connectivity index (χ2v) is 5.55. The van der Waals surface area contributed by atoms with E-state index in [2.05, 4.69) is 17.0 Å². The fourth-order valence-electron chi connectivity index (χ4n) is 2.80. The smallest absolute Gasteiger partial charge is 0.228 e. The van der Waals surface area contributed by atoms with Gasteiger partial charge >= 0.3 is 0 Å². The van der Waals surface area contributed by atoms with Crippen LogP contribution in [0.25, 0.3) is 0 Å². The Hall–Kier alpha value is -1.91. The predicted molar refractivity (Wildman–Crippen MR) is 79.9 cm³/mol. The number of hydrogen-bond acceptors (Lipinski definition) is 3. The molecule has 5 heteroatoms. The van der Waals surface area contributed by atoms with Gasteiger partial charge in [0.1, 0.15) is 5.82 Å². The Kier molecular flexibility index (Phi) is 4.37. The topological polar surface area (TPSA) is 70.8 Å². The van der Waals surface area contributed by atoms with Crippen LogP contribution in [0, 0.1) is 24.2 Å². The van der Waals surface area contributed by atoms with E-state index in [1.807, 2.05) is 20.0 Å². The van der Waals surface area contributed by atoms with Crippen LogP contribution in [0.15, 0.2) is 18.2 Å². The molecule has 1 aliphatic carbocycles. The van der Waals surface area contributed by atoms with Crippen LogP contribution >= 0.6 is 0 Å². The maximum atomic E-state index is 12.3. The predicted octanol–water partition coefficient (Wildman–Crippen LogP) is 2.68. The Morgan fingerprint density at radius 3 is 2.55 bits per heavy atom. The number of carbonyl (C=O) groups excluding carboxylic acids is 1. The Morgan fingerprint density at radius 2 is 2.05 bits per heavy atom. The molecule has 0 spiro atoms. The van der Waals surface area contributed by atoms with Crippen LogP contribution in [0.3, 0.4) is 0 Å². The lowest BCUT2D eigenvalue weighted by Gasteiger charge is -2.27. The van der Waals surface area contributed by atoms with Gasteiger partial charge in [-0.3, -0.25) is 9.48 Å². The van der Waals surface area contributed by atoms with Gasteiger partial charge in [0.05, 0.1) is 5.69 Å². The number of hydrogen-bond donors (Lipinski definition) is 2. The van der Waals surface area contributed by atoms with Gasteiger partial charge in [0, 0.05) is 25.2 Å². The first-order valence-corrected chi connectivity index (χ1v) is 7.02. The van der Waals surface area contributed by atoms with Crippen molar-refractivity contribution in [1.82, 2.24) is 9.78 Å². The van der Waals surface area contributed by atoms with E-state index in [1.165, 1.54) is 6.21 Å². The number of aryl methyl sites for hydroxylation is 2. The van der Waals surface area contributed by atoms with Gasteiger partial charge in [0.2, 0.25) is 5.91 Å². The molecular formula is C15H22N4O. The zero-order valence-corrected chi connectivity index (χ0v) is 12.1. The van der Waals surface area contributed by atoms with E-state index in [-0.39, 0.29) is 11.8 Å². The second-order valence-electron chi connectivity index (χ2n) is 5.55. The van der Waals surface area contributed by atoms with Crippen LogP contribution in [0.1, 0.15) is 31.4 Å². The molecule has 0 unspecified atom stereocenters. The van der Waals surface area contributed by atoms with Crippen LogP contribution < -0.4 is 5.32 Å². The van der Waals surface area contributed by atoms with Crippen molar-refractivity contribution in [3.8, 4) is 0 Å². The summed E-state index contributed by atoms with van der Waals surface area (Å²) in [6.07, 6.45) is 4.94. The molecule has 1 amide bonds. The standard InChI is InChI=1S/C15H22N4O/c1-10(9-16)12-4-6-13(7-5-12)15(20)17-14-8-11(2)18-19(14)3/h8-9,12-13,16H,1,4-7H2,2-3H3,(H,17,20). The van der Waals surface area contributed by atoms with Crippen LogP contribution in [-0.4, -0.2) is 21.9 Å². The van der Waals surface area contributed by atoms with Crippen molar-refractivity contribution in [2.75, 3.05) is 5.32 Å². The second kappa shape index (κ2) is 6.03. The summed E-state index contributed by atoms with van der Waals surface area (Å²) < 4.78 is 1.69. The lowest BCUT2D eigenvalue weighted by molar-refractivity contribution is -0.121. The summed E-state index contributed by atoms with van der Waals surface area (Å²) in [4.78, 5) is 12.3. The van der Waals surface area contributed by atoms with E-state index in [0.717, 1.165) is 42.8 Å². The third-order valence-electron chi connectivity index (χ3n) is 4.06. The van der Waals surface area contributed by atoms with E-state index in [0.29, 0.717) is 5.92 Å². The third kappa shape index (κ3) is 3.15. The number of carbonyl (C=O) groups is 1. The monoisotopic (exact) mass is 274 g/mol. The Labute approximate surface area is 119 Å². The first-order chi connectivity index (χ1) is 9.51. The highest BCUT2D eigenvalue weighted by Crippen LogP contribution is 2.32. The van der Waals surface area contributed by atoms with Gasteiger partial charge in [0.25, 0.3) is 0 Å². The van der Waals surface area contributed by atoms with Crippen molar-refractivity contribution in [3.05, 3.63) is 23.9 Å². The lowest BCUT2D eigenvalue weighted by Crippen LogP contribution is -2.28. The summed E-state index contributed by atoms with van der Waals surface area (Å²) in [5.74, 6) is 1.25. The van der Waals surface area contributed by atoms with E-state index in [1.54, 1.807) is 4.68 Å². The highest BCUT2D eigenvalue weighted by Gasteiger charge is 2.27. The summed E-state index contributed by atoms with van der Waals surface area (Å²) in [6, 6.07) is 1.88. The van der Waals surface area contributed by atoms with Crippen LogP contribution in [0.5, 0.6) is 0 Å². The normalized spacial score (nSPS) is 22.3. The molecule has 1 fully saturated rings. The van der Waals surface area contributed by atoms with Crippen molar-refractivity contribution in [1.29, 1.82) is 5.41 Å². The maximum Gasteiger partial charge on any atom is 0.228 e. The summed E-state index contributed by atoms with van der Waals surface area (Å²) in [5, 5.41) is 14.4. The molecule has 1 aromatic rings. The van der Waals surface area contributed by atoms with Crippen LogP contribution in [0.2, 0.25) is 0 Å². The van der Waals surface area contributed by atoms with Crippen LogP contribution in [-0.2, 0) is 11.8 Å². The Morgan fingerprint density at radius 1 is 1.45 bits per heavy atom. The minimum atomic E-state index is 0.0555. The molecule has 0 bridgehead atoms. The first kappa shape index (κ1) is 14.5. The number of allylic oxidation sites excluding steroid dienone is 1. The number of aromatic nitrogens is 2. The van der Waals surface area contributed by atoms with Crippen molar-refractivity contribution in [3.63, 3.8) is 0 Å². The fraction of sp³-hybridized carbons (Fsp3) is 0.533. The molecule has 0 saturated heterocycles. The zero-order valence-electron chi connectivity index (χ0n) is 12.1. The van der Waals surface area contributed by atoms with Crippen molar-refractivity contribution in [2.45, 2.75) is 32.6 Å². The van der Waals surface area contributed by atoms with Gasteiger partial charge in [-0.1, -0.05) is 6.58 Å². The van der Waals surface area contributed by atoms with E-state index in [4.69, 9.17) is 5.41 Å². The van der Waals surface area contributed by atoms with Gasteiger partial charge < -0.3 is 10.7 Å². The van der Waals surface area contributed by atoms with E-state index >= 15 is 0 Å². The highest BCUT2D eigenvalue weighted by atomic mass is 16.2. The molecular weight excluding hydrogens is 252 g/mol. The number of anilines is 1. The lowest BCUT2D eigenvalue weighted by atomic mass is 9.78. The fourth-order valence-corrected chi connectivity index (χ4v) is 2.80. The van der Waals surface area contributed by atoms with Crippen molar-refractivity contribution >= 4 is 17.9 Å². The summed E-state index contributed by atoms with van der Waals surface area (Å²) >= 11 is 0. The number of amides is 1. The highest BCUT2D eigenvalue weighted by molar-refractivity contribution is 5.91. The molecule has 108 valence electrons. The van der Waals surface area contributed by atoms with Gasteiger partial charge in [-0.2, -0.15) is 5.10 Å². The van der Waals surface area contributed by atoms with Crippen molar-refractivity contribution < 1.29 is 4.79 Å². The molecule has 0 aliphatic heterocycles. The average molecular weight is 274 g/mol. The molecule has 2 rings (SSSR count). The molecule has 1 aliphatic rings. The molecule has 0 radical (unpaired) electrons. The molecule has 2 N–H and O–H groups in total. The number of nitrogens with one attached hydrogen (secondary N) is 2. The van der Waals surface area contributed by atoms with Gasteiger partial charge in [-0.15, -0.1) is 0 Å². The summed E-state index contributed by atoms with van der Waals surface area (Å²) in [5.41, 5.74) is 1.78. The van der Waals surface area contributed by atoms with Gasteiger partial charge in [-0.05, 0) is 44.1 Å². The molecule has 1 saturated carbocycles. The molecule has 5 nitrogen and oxygen atoms in total. The van der Waals surface area contributed by atoms with Crippen molar-refractivity contribution in [2.24, 2.45) is 18.9 Å². The first-order valence-electron chi connectivity index (χ1n) is 7.02. The molecule has 0 aromatic carbocycles. The number of rotatable bonds is 4. The largest absolute Gasteiger partial charge is 0.311 e. The quantitative estimate of drug-likeness (QED) is 0.829. The molecule has 20 heavy (non-hydrogen) atoms. The SMILES string of the molecule is C=C(C=N)C1CCC(C(=O)Nc2cc(C)nn2C)CC1.